The van der Waals surface area contributed by atoms with Crippen molar-refractivity contribution >= 4 is 0 Å². The average Bonchev–Trinajstić information content (AvgIpc) is 2.83. The van der Waals surface area contributed by atoms with Crippen LogP contribution < -0.4 is 0 Å². The molecule has 0 heterocycles. The molecule has 0 radical (unpaired) electrons. The second kappa shape index (κ2) is 30.4. The lowest BCUT2D eigenvalue weighted by molar-refractivity contribution is 0.0681. The van der Waals surface area contributed by atoms with Crippen LogP contribution in [0.15, 0.2) is 0 Å². The van der Waals surface area contributed by atoms with Crippen molar-refractivity contribution in [2.24, 2.45) is 29.6 Å². The lowest BCUT2D eigenvalue weighted by Crippen LogP contribution is -2.08. The van der Waals surface area contributed by atoms with E-state index in [2.05, 4.69) is 48.5 Å². The second-order valence-corrected chi connectivity index (χ2v) is 12.1. The molecule has 0 saturated heterocycles. The Kier molecular flexibility index (Phi) is 32.0. The Morgan fingerprint density at radius 1 is 0.486 bits per heavy atom. The van der Waals surface area contributed by atoms with Crippen molar-refractivity contribution < 1.29 is 19.3 Å². The van der Waals surface area contributed by atoms with Gasteiger partial charge in [-0.2, -0.15) is 0 Å². The van der Waals surface area contributed by atoms with Gasteiger partial charge >= 0.3 is 0 Å². The summed E-state index contributed by atoms with van der Waals surface area (Å²) in [5.41, 5.74) is 0. The van der Waals surface area contributed by atoms with Crippen LogP contribution in [-0.2, 0) is 14.2 Å². The normalized spacial score (nSPS) is 15.5. The van der Waals surface area contributed by atoms with E-state index in [1.54, 1.807) is 7.11 Å². The van der Waals surface area contributed by atoms with Gasteiger partial charge < -0.3 is 19.3 Å². The van der Waals surface area contributed by atoms with Crippen molar-refractivity contribution in [3.05, 3.63) is 0 Å². The molecular weight excluding hydrogens is 460 g/mol. The van der Waals surface area contributed by atoms with E-state index < -0.39 is 0 Å². The topological polar surface area (TPSA) is 47.9 Å². The first-order chi connectivity index (χ1) is 17.8. The third kappa shape index (κ3) is 32.0. The molecule has 0 aliphatic carbocycles. The van der Waals surface area contributed by atoms with Crippen LogP contribution in [-0.4, -0.2) is 51.9 Å². The van der Waals surface area contributed by atoms with Crippen LogP contribution >= 0.6 is 0 Å². The summed E-state index contributed by atoms with van der Waals surface area (Å²) in [5, 5.41) is 8.54. The van der Waals surface area contributed by atoms with E-state index in [9.17, 15) is 0 Å². The highest BCUT2D eigenvalue weighted by molar-refractivity contribution is 4.64. The van der Waals surface area contributed by atoms with Crippen LogP contribution in [0.5, 0.6) is 0 Å². The number of aliphatic hydroxyl groups is 1. The van der Waals surface area contributed by atoms with E-state index in [1.165, 1.54) is 83.5 Å². The minimum atomic E-state index is 0.145. The van der Waals surface area contributed by atoms with Crippen LogP contribution in [0.2, 0.25) is 0 Å². The molecule has 0 amide bonds. The number of hydrogen-bond acceptors (Lipinski definition) is 4. The van der Waals surface area contributed by atoms with Gasteiger partial charge in [-0.05, 0) is 61.7 Å². The fourth-order valence-corrected chi connectivity index (χ4v) is 5.60. The van der Waals surface area contributed by atoms with Gasteiger partial charge in [-0.1, -0.05) is 106 Å². The third-order valence-electron chi connectivity index (χ3n) is 7.37. The Morgan fingerprint density at radius 3 is 1.41 bits per heavy atom. The molecule has 0 bridgehead atoms. The van der Waals surface area contributed by atoms with E-state index in [-0.39, 0.29) is 6.61 Å². The molecule has 0 aliphatic rings. The van der Waals surface area contributed by atoms with Crippen LogP contribution in [0.1, 0.15) is 138 Å². The number of rotatable bonds is 26. The lowest BCUT2D eigenvalue weighted by Gasteiger charge is -2.20. The van der Waals surface area contributed by atoms with Crippen LogP contribution in [0, 0.1) is 29.6 Å². The van der Waals surface area contributed by atoms with Crippen molar-refractivity contribution in [2.45, 2.75) is 138 Å². The van der Waals surface area contributed by atoms with Crippen LogP contribution in [0.3, 0.4) is 0 Å². The number of methoxy groups -OCH3 is 1. The number of ether oxygens (including phenoxy) is 3. The molecule has 0 fully saturated rings. The van der Waals surface area contributed by atoms with E-state index >= 15 is 0 Å². The standard InChI is InChI=1S/C18H38O2.C15H32O2/c1-6-9-16(2)14-18(4)15-17(3)10-7-8-11-20-13-12-19-5;1-4-8-14(2)13-15(3)9-6-5-7-11-17-12-10-16/h16-18H,6-15H2,1-5H3;14-16H,4-13H2,1-3H3. The summed E-state index contributed by atoms with van der Waals surface area (Å²) in [7, 11) is 1.72. The molecule has 0 aromatic carbocycles. The molecule has 4 nitrogen and oxygen atoms in total. The van der Waals surface area contributed by atoms with Gasteiger partial charge in [0.05, 0.1) is 26.4 Å². The maximum absolute atomic E-state index is 8.54. The molecule has 226 valence electrons. The summed E-state index contributed by atoms with van der Waals surface area (Å²) in [4.78, 5) is 0. The number of aliphatic hydroxyl groups excluding tert-OH is 1. The molecule has 5 unspecified atom stereocenters. The van der Waals surface area contributed by atoms with Crippen molar-refractivity contribution in [1.82, 2.24) is 0 Å². The molecule has 37 heavy (non-hydrogen) atoms. The maximum Gasteiger partial charge on any atom is 0.0700 e. The molecule has 5 atom stereocenters. The molecule has 4 heteroatoms. The fraction of sp³-hybridized carbons (Fsp3) is 1.00. The van der Waals surface area contributed by atoms with Crippen molar-refractivity contribution in [3.8, 4) is 0 Å². The highest BCUT2D eigenvalue weighted by Crippen LogP contribution is 2.25. The molecule has 0 aromatic rings. The SMILES string of the molecule is CCCC(C)CC(C)CC(C)CCCCOCCOC.CCCC(C)CC(C)CCCCCOCCO. The first kappa shape index (κ1) is 39.0. The first-order valence-corrected chi connectivity index (χ1v) is 16.1. The summed E-state index contributed by atoms with van der Waals surface area (Å²) in [6.45, 7) is 20.3. The van der Waals surface area contributed by atoms with Gasteiger partial charge in [-0.3, -0.25) is 0 Å². The largest absolute Gasteiger partial charge is 0.394 e. The minimum absolute atomic E-state index is 0.145. The smallest absolute Gasteiger partial charge is 0.0700 e. The summed E-state index contributed by atoms with van der Waals surface area (Å²) in [6.07, 6.45) is 18.5. The summed E-state index contributed by atoms with van der Waals surface area (Å²) in [5.74, 6) is 4.40. The molecule has 0 saturated carbocycles. The number of unbranched alkanes of at least 4 members (excludes halogenated alkanes) is 3. The highest BCUT2D eigenvalue weighted by Gasteiger charge is 2.12. The molecule has 0 spiro atoms. The molecule has 1 N–H and O–H groups in total. The van der Waals surface area contributed by atoms with Gasteiger partial charge in [0.25, 0.3) is 0 Å². The Balaban J connectivity index is 0. The van der Waals surface area contributed by atoms with E-state index in [4.69, 9.17) is 19.3 Å². The van der Waals surface area contributed by atoms with Crippen LogP contribution in [0.4, 0.5) is 0 Å². The first-order valence-electron chi connectivity index (χ1n) is 16.1. The second-order valence-electron chi connectivity index (χ2n) is 12.1. The summed E-state index contributed by atoms with van der Waals surface area (Å²) < 4.78 is 15.7. The van der Waals surface area contributed by atoms with Crippen LogP contribution in [0.25, 0.3) is 0 Å². The zero-order valence-electron chi connectivity index (χ0n) is 26.7. The van der Waals surface area contributed by atoms with Gasteiger partial charge in [0, 0.05) is 20.3 Å². The fourth-order valence-electron chi connectivity index (χ4n) is 5.60. The van der Waals surface area contributed by atoms with E-state index in [0.29, 0.717) is 13.2 Å². The summed E-state index contributed by atoms with van der Waals surface area (Å²) >= 11 is 0. The molecule has 0 aromatic heterocycles. The third-order valence-corrected chi connectivity index (χ3v) is 7.37. The van der Waals surface area contributed by atoms with Gasteiger partial charge in [0.2, 0.25) is 0 Å². The van der Waals surface area contributed by atoms with Gasteiger partial charge in [-0.15, -0.1) is 0 Å². The minimum Gasteiger partial charge on any atom is -0.394 e. The Morgan fingerprint density at radius 2 is 0.919 bits per heavy atom. The molecule has 0 aliphatic heterocycles. The predicted octanol–water partition coefficient (Wildman–Crippen LogP) is 9.33. The molecule has 0 rings (SSSR count). The van der Waals surface area contributed by atoms with Gasteiger partial charge in [0.1, 0.15) is 0 Å². The van der Waals surface area contributed by atoms with E-state index in [1.807, 2.05) is 0 Å². The van der Waals surface area contributed by atoms with Crippen molar-refractivity contribution in [3.63, 3.8) is 0 Å². The Bertz CT molecular complexity index is 417. The summed E-state index contributed by atoms with van der Waals surface area (Å²) in [6, 6.07) is 0. The quantitative estimate of drug-likeness (QED) is 0.113. The van der Waals surface area contributed by atoms with Gasteiger partial charge in [-0.25, -0.2) is 0 Å². The average molecular weight is 531 g/mol. The van der Waals surface area contributed by atoms with Crippen molar-refractivity contribution in [1.29, 1.82) is 0 Å². The van der Waals surface area contributed by atoms with E-state index in [0.717, 1.165) is 55.8 Å². The predicted molar refractivity (Wildman–Crippen MR) is 162 cm³/mol. The molecular formula is C33H70O4. The van der Waals surface area contributed by atoms with Gasteiger partial charge in [0.15, 0.2) is 0 Å². The highest BCUT2D eigenvalue weighted by atomic mass is 16.5. The Hall–Kier alpha value is -0.160. The maximum atomic E-state index is 8.54. The Labute approximate surface area is 234 Å². The zero-order chi connectivity index (χ0) is 28.2. The zero-order valence-corrected chi connectivity index (χ0v) is 26.7. The lowest BCUT2D eigenvalue weighted by atomic mass is 9.86. The number of hydrogen-bond donors (Lipinski definition) is 1. The van der Waals surface area contributed by atoms with Crippen molar-refractivity contribution in [2.75, 3.05) is 46.8 Å². The monoisotopic (exact) mass is 531 g/mol.